The minimum Gasteiger partial charge on any atom is -0.309 e. The molecule has 0 atom stereocenters. The molecule has 0 radical (unpaired) electrons. The summed E-state index contributed by atoms with van der Waals surface area (Å²) < 4.78 is 14.0. The van der Waals surface area contributed by atoms with Gasteiger partial charge in [-0.3, -0.25) is 9.69 Å². The van der Waals surface area contributed by atoms with Crippen molar-refractivity contribution < 1.29 is 4.39 Å². The van der Waals surface area contributed by atoms with Gasteiger partial charge in [-0.2, -0.15) is 0 Å². The van der Waals surface area contributed by atoms with Crippen LogP contribution in [-0.2, 0) is 13.1 Å². The molecule has 3 rings (SSSR count). The topological polar surface area (TPSA) is 49.0 Å². The zero-order chi connectivity index (χ0) is 17.1. The Morgan fingerprint density at radius 2 is 1.96 bits per heavy atom. The maximum atomic E-state index is 14.0. The van der Waals surface area contributed by atoms with Crippen molar-refractivity contribution >= 4 is 22.5 Å². The molecule has 0 aliphatic heterocycles. The normalized spacial score (nSPS) is 11.3. The van der Waals surface area contributed by atoms with E-state index in [4.69, 9.17) is 11.6 Å². The molecule has 0 saturated carbocycles. The molecule has 124 valence electrons. The highest BCUT2D eigenvalue weighted by Gasteiger charge is 2.13. The molecule has 0 aliphatic rings. The van der Waals surface area contributed by atoms with Crippen molar-refractivity contribution in [2.75, 3.05) is 6.54 Å². The average Bonchev–Trinajstić information content (AvgIpc) is 2.57. The highest BCUT2D eigenvalue weighted by molar-refractivity contribution is 6.31. The summed E-state index contributed by atoms with van der Waals surface area (Å²) >= 11 is 6.10. The molecule has 6 heteroatoms. The molecule has 3 aromatic rings. The van der Waals surface area contributed by atoms with Crippen molar-refractivity contribution in [2.24, 2.45) is 0 Å². The number of fused-ring (bicyclic) bond motifs is 1. The van der Waals surface area contributed by atoms with Crippen LogP contribution in [0.15, 0.2) is 47.3 Å². The van der Waals surface area contributed by atoms with E-state index < -0.39 is 0 Å². The number of nitrogens with zero attached hydrogens (tertiary/aromatic N) is 2. The van der Waals surface area contributed by atoms with E-state index >= 15 is 0 Å². The van der Waals surface area contributed by atoms with Crippen molar-refractivity contribution in [3.05, 3.63) is 75.0 Å². The first kappa shape index (κ1) is 16.6. The smallest absolute Gasteiger partial charge is 0.258 e. The number of para-hydroxylation sites is 1. The van der Waals surface area contributed by atoms with Crippen LogP contribution >= 0.6 is 11.6 Å². The molecule has 0 fully saturated rings. The van der Waals surface area contributed by atoms with Crippen molar-refractivity contribution in [3.63, 3.8) is 0 Å². The largest absolute Gasteiger partial charge is 0.309 e. The summed E-state index contributed by atoms with van der Waals surface area (Å²) in [5, 5.41) is 0.954. The predicted octanol–water partition coefficient (Wildman–Crippen LogP) is 3.74. The van der Waals surface area contributed by atoms with Crippen LogP contribution in [0.3, 0.4) is 0 Å². The molecule has 0 saturated heterocycles. The van der Waals surface area contributed by atoms with Crippen LogP contribution in [0.1, 0.15) is 18.3 Å². The van der Waals surface area contributed by atoms with Crippen LogP contribution in [0, 0.1) is 5.82 Å². The van der Waals surface area contributed by atoms with Crippen LogP contribution in [0.4, 0.5) is 4.39 Å². The summed E-state index contributed by atoms with van der Waals surface area (Å²) in [6.45, 7) is 3.38. The van der Waals surface area contributed by atoms with Gasteiger partial charge in [0.1, 0.15) is 11.6 Å². The first-order valence-corrected chi connectivity index (χ1v) is 8.09. The Morgan fingerprint density at radius 1 is 1.17 bits per heavy atom. The van der Waals surface area contributed by atoms with Gasteiger partial charge in [-0.1, -0.05) is 36.7 Å². The SMILES string of the molecule is CCN(Cc1nc2ccccc2c(=O)[nH]1)Cc1c(F)cccc1Cl. The Kier molecular flexibility index (Phi) is 4.92. The molecule has 0 amide bonds. The van der Waals surface area contributed by atoms with E-state index in [2.05, 4.69) is 9.97 Å². The van der Waals surface area contributed by atoms with Crippen LogP contribution in [-0.4, -0.2) is 21.4 Å². The highest BCUT2D eigenvalue weighted by atomic mass is 35.5. The van der Waals surface area contributed by atoms with Gasteiger partial charge in [0.15, 0.2) is 0 Å². The molecule has 2 aromatic carbocycles. The summed E-state index contributed by atoms with van der Waals surface area (Å²) in [6, 6.07) is 11.8. The molecule has 1 N–H and O–H groups in total. The molecule has 0 aliphatic carbocycles. The van der Waals surface area contributed by atoms with Crippen LogP contribution in [0.2, 0.25) is 5.02 Å². The van der Waals surface area contributed by atoms with Crippen molar-refractivity contribution in [1.82, 2.24) is 14.9 Å². The fourth-order valence-corrected chi connectivity index (χ4v) is 2.83. The van der Waals surface area contributed by atoms with Gasteiger partial charge in [-0.05, 0) is 30.8 Å². The first-order chi connectivity index (χ1) is 11.6. The minimum absolute atomic E-state index is 0.171. The second kappa shape index (κ2) is 7.11. The molecule has 0 spiro atoms. The Hall–Kier alpha value is -2.24. The van der Waals surface area contributed by atoms with Crippen LogP contribution in [0.5, 0.6) is 0 Å². The maximum Gasteiger partial charge on any atom is 0.258 e. The lowest BCUT2D eigenvalue weighted by atomic mass is 10.2. The number of aromatic amines is 1. The van der Waals surface area contributed by atoms with E-state index in [1.165, 1.54) is 6.07 Å². The van der Waals surface area contributed by atoms with E-state index in [1.807, 2.05) is 17.9 Å². The quantitative estimate of drug-likeness (QED) is 0.766. The molecule has 0 unspecified atom stereocenters. The third-order valence-corrected chi connectivity index (χ3v) is 4.28. The fraction of sp³-hybridized carbons (Fsp3) is 0.222. The third kappa shape index (κ3) is 3.47. The van der Waals surface area contributed by atoms with E-state index in [0.717, 1.165) is 0 Å². The minimum atomic E-state index is -0.332. The fourth-order valence-electron chi connectivity index (χ4n) is 2.61. The molecule has 1 aromatic heterocycles. The second-order valence-electron chi connectivity index (χ2n) is 5.53. The average molecular weight is 346 g/mol. The lowest BCUT2D eigenvalue weighted by molar-refractivity contribution is 0.261. The van der Waals surface area contributed by atoms with E-state index in [9.17, 15) is 9.18 Å². The second-order valence-corrected chi connectivity index (χ2v) is 5.94. The van der Waals surface area contributed by atoms with Gasteiger partial charge in [0.2, 0.25) is 0 Å². The zero-order valence-corrected chi connectivity index (χ0v) is 14.0. The summed E-state index contributed by atoms with van der Waals surface area (Å²) in [6.07, 6.45) is 0. The third-order valence-electron chi connectivity index (χ3n) is 3.93. The van der Waals surface area contributed by atoms with Crippen molar-refractivity contribution in [1.29, 1.82) is 0 Å². The number of nitrogens with one attached hydrogen (secondary N) is 1. The number of halogens is 2. The van der Waals surface area contributed by atoms with Crippen LogP contribution < -0.4 is 5.56 Å². The molecular weight excluding hydrogens is 329 g/mol. The lowest BCUT2D eigenvalue weighted by Gasteiger charge is -2.21. The number of benzene rings is 2. The number of aromatic nitrogens is 2. The summed E-state index contributed by atoms with van der Waals surface area (Å²) in [7, 11) is 0. The summed E-state index contributed by atoms with van der Waals surface area (Å²) in [4.78, 5) is 21.4. The molecule has 1 heterocycles. The van der Waals surface area contributed by atoms with Crippen LogP contribution in [0.25, 0.3) is 10.9 Å². The van der Waals surface area contributed by atoms with Gasteiger partial charge in [0.05, 0.1) is 17.4 Å². The van der Waals surface area contributed by atoms with E-state index in [0.29, 0.717) is 46.9 Å². The molecule has 4 nitrogen and oxygen atoms in total. The molecular formula is C18H17ClFN3O. The number of H-pyrrole nitrogens is 1. The standard InChI is InChI=1S/C18H17ClFN3O/c1-2-23(10-13-14(19)7-5-8-15(13)20)11-17-21-16-9-4-3-6-12(16)18(24)22-17/h3-9H,2,10-11H2,1H3,(H,21,22,24). The van der Waals surface area contributed by atoms with E-state index in [1.54, 1.807) is 30.3 Å². The van der Waals surface area contributed by atoms with Gasteiger partial charge in [-0.25, -0.2) is 9.37 Å². The Labute approximate surface area is 143 Å². The molecule has 24 heavy (non-hydrogen) atoms. The monoisotopic (exact) mass is 345 g/mol. The number of hydrogen-bond donors (Lipinski definition) is 1. The number of rotatable bonds is 5. The van der Waals surface area contributed by atoms with E-state index in [-0.39, 0.29) is 11.4 Å². The van der Waals surface area contributed by atoms with Gasteiger partial charge >= 0.3 is 0 Å². The summed E-state index contributed by atoms with van der Waals surface area (Å²) in [5.74, 6) is 0.217. The Bertz CT molecular complexity index is 905. The highest BCUT2D eigenvalue weighted by Crippen LogP contribution is 2.21. The summed E-state index contributed by atoms with van der Waals surface area (Å²) in [5.41, 5.74) is 0.927. The van der Waals surface area contributed by atoms with Gasteiger partial charge < -0.3 is 4.98 Å². The van der Waals surface area contributed by atoms with Gasteiger partial charge in [-0.15, -0.1) is 0 Å². The Morgan fingerprint density at radius 3 is 2.71 bits per heavy atom. The van der Waals surface area contributed by atoms with Crippen molar-refractivity contribution in [3.8, 4) is 0 Å². The zero-order valence-electron chi connectivity index (χ0n) is 13.2. The van der Waals surface area contributed by atoms with Gasteiger partial charge in [0, 0.05) is 17.1 Å². The van der Waals surface area contributed by atoms with Gasteiger partial charge in [0.25, 0.3) is 5.56 Å². The first-order valence-electron chi connectivity index (χ1n) is 7.71. The Balaban J connectivity index is 1.87. The lowest BCUT2D eigenvalue weighted by Crippen LogP contribution is -2.26. The number of hydrogen-bond acceptors (Lipinski definition) is 3. The maximum absolute atomic E-state index is 14.0. The predicted molar refractivity (Wildman–Crippen MR) is 93.6 cm³/mol. The van der Waals surface area contributed by atoms with Crippen molar-refractivity contribution in [2.45, 2.75) is 20.0 Å². The molecule has 0 bridgehead atoms.